The Hall–Kier alpha value is -0.610. The lowest BCUT2D eigenvalue weighted by molar-refractivity contribution is -0.143. The van der Waals surface area contributed by atoms with E-state index in [9.17, 15) is 9.90 Å². The third kappa shape index (κ3) is 3.48. The van der Waals surface area contributed by atoms with Crippen LogP contribution in [-0.2, 0) is 4.79 Å². The van der Waals surface area contributed by atoms with Crippen LogP contribution in [0, 0.1) is 5.92 Å². The first-order valence-electron chi connectivity index (χ1n) is 7.71. The molecule has 2 aliphatic rings. The van der Waals surface area contributed by atoms with Gasteiger partial charge in [0.1, 0.15) is 6.04 Å². The summed E-state index contributed by atoms with van der Waals surface area (Å²) in [5, 5.41) is 9.26. The number of likely N-dealkylation sites (tertiary alicyclic amines) is 2. The minimum atomic E-state index is -0.639. The van der Waals surface area contributed by atoms with Crippen LogP contribution >= 0.6 is 0 Å². The van der Waals surface area contributed by atoms with Gasteiger partial charge in [-0.1, -0.05) is 0 Å². The predicted octanol–water partition coefficient (Wildman–Crippen LogP) is 2.04. The van der Waals surface area contributed by atoms with Gasteiger partial charge in [-0.3, -0.25) is 9.69 Å². The molecule has 0 spiro atoms. The van der Waals surface area contributed by atoms with Crippen LogP contribution in [0.3, 0.4) is 0 Å². The summed E-state index contributed by atoms with van der Waals surface area (Å²) in [6.45, 7) is 10.1. The molecule has 3 unspecified atom stereocenters. The second-order valence-corrected chi connectivity index (χ2v) is 6.56. The molecule has 2 fully saturated rings. The van der Waals surface area contributed by atoms with Crippen LogP contribution in [0.25, 0.3) is 0 Å². The van der Waals surface area contributed by atoms with Crippen molar-refractivity contribution in [3.05, 3.63) is 0 Å². The molecule has 3 atom stereocenters. The number of hydrogen-bond donors (Lipinski definition) is 1. The Morgan fingerprint density at radius 1 is 1.26 bits per heavy atom. The quantitative estimate of drug-likeness (QED) is 0.829. The molecule has 1 N–H and O–H groups in total. The average Bonchev–Trinajstić information content (AvgIpc) is 2.96. The van der Waals surface area contributed by atoms with E-state index >= 15 is 0 Å². The number of aliphatic carboxylic acids is 1. The zero-order chi connectivity index (χ0) is 14.0. The molecule has 4 heteroatoms. The molecule has 2 heterocycles. The van der Waals surface area contributed by atoms with E-state index in [-0.39, 0.29) is 6.04 Å². The minimum Gasteiger partial charge on any atom is -0.480 e. The third-order valence-electron chi connectivity index (χ3n) is 4.87. The molecule has 0 aliphatic carbocycles. The molecule has 0 amide bonds. The van der Waals surface area contributed by atoms with Gasteiger partial charge in [0.15, 0.2) is 0 Å². The van der Waals surface area contributed by atoms with E-state index in [0.29, 0.717) is 12.1 Å². The molecule has 110 valence electrons. The summed E-state index contributed by atoms with van der Waals surface area (Å²) in [6, 6.07) is 0.803. The molecule has 0 aromatic rings. The van der Waals surface area contributed by atoms with E-state index in [0.717, 1.165) is 31.7 Å². The van der Waals surface area contributed by atoms with Crippen molar-refractivity contribution in [2.75, 3.05) is 19.6 Å². The fourth-order valence-corrected chi connectivity index (χ4v) is 3.72. The van der Waals surface area contributed by atoms with Crippen molar-refractivity contribution in [3.8, 4) is 0 Å². The van der Waals surface area contributed by atoms with E-state index in [4.69, 9.17) is 0 Å². The Bertz CT molecular complexity index is 319. The van der Waals surface area contributed by atoms with E-state index in [1.165, 1.54) is 19.5 Å². The van der Waals surface area contributed by atoms with Crippen LogP contribution in [-0.4, -0.2) is 58.6 Å². The Morgan fingerprint density at radius 3 is 2.58 bits per heavy atom. The molecular formula is C15H28N2O2. The van der Waals surface area contributed by atoms with Crippen LogP contribution in [0.4, 0.5) is 0 Å². The SMILES string of the molecule is CC(C)N1CCC(CC(C)N2CCCC2C(=O)O)C1. The maximum Gasteiger partial charge on any atom is 0.320 e. The van der Waals surface area contributed by atoms with Gasteiger partial charge in [-0.05, 0) is 65.5 Å². The first-order valence-corrected chi connectivity index (χ1v) is 7.71. The second kappa shape index (κ2) is 6.23. The lowest BCUT2D eigenvalue weighted by Crippen LogP contribution is -2.42. The molecule has 0 aromatic heterocycles. The molecule has 2 aliphatic heterocycles. The maximum absolute atomic E-state index is 11.2. The summed E-state index contributed by atoms with van der Waals surface area (Å²) in [5.41, 5.74) is 0. The standard InChI is InChI=1S/C15H28N2O2/c1-11(2)16-8-6-13(10-16)9-12(3)17-7-4-5-14(17)15(18)19/h11-14H,4-10H2,1-3H3,(H,18,19). The first kappa shape index (κ1) is 14.8. The van der Waals surface area contributed by atoms with Gasteiger partial charge in [-0.2, -0.15) is 0 Å². The van der Waals surface area contributed by atoms with Crippen molar-refractivity contribution in [1.82, 2.24) is 9.80 Å². The number of carboxylic acid groups (broad SMARTS) is 1. The van der Waals surface area contributed by atoms with Gasteiger partial charge in [0.05, 0.1) is 0 Å². The normalized spacial score (nSPS) is 31.2. The number of nitrogens with zero attached hydrogens (tertiary/aromatic N) is 2. The summed E-state index contributed by atoms with van der Waals surface area (Å²) in [7, 11) is 0. The van der Waals surface area contributed by atoms with Crippen LogP contribution in [0.2, 0.25) is 0 Å². The van der Waals surface area contributed by atoms with Gasteiger partial charge in [-0.25, -0.2) is 0 Å². The smallest absolute Gasteiger partial charge is 0.320 e. The molecule has 0 aromatic carbocycles. The lowest BCUT2D eigenvalue weighted by atomic mass is 9.98. The highest BCUT2D eigenvalue weighted by atomic mass is 16.4. The molecule has 0 radical (unpaired) electrons. The van der Waals surface area contributed by atoms with Crippen molar-refractivity contribution in [2.24, 2.45) is 5.92 Å². The molecule has 2 saturated heterocycles. The summed E-state index contributed by atoms with van der Waals surface area (Å²) >= 11 is 0. The molecule has 2 rings (SSSR count). The average molecular weight is 268 g/mol. The molecule has 0 bridgehead atoms. The van der Waals surface area contributed by atoms with Crippen molar-refractivity contribution >= 4 is 5.97 Å². The third-order valence-corrected chi connectivity index (χ3v) is 4.87. The first-order chi connectivity index (χ1) is 8.99. The Morgan fingerprint density at radius 2 is 2.00 bits per heavy atom. The Balaban J connectivity index is 1.84. The highest BCUT2D eigenvalue weighted by Gasteiger charge is 2.35. The second-order valence-electron chi connectivity index (χ2n) is 6.56. The van der Waals surface area contributed by atoms with Gasteiger partial charge < -0.3 is 10.0 Å². The topological polar surface area (TPSA) is 43.8 Å². The Labute approximate surface area is 116 Å². The van der Waals surface area contributed by atoms with Gasteiger partial charge in [0, 0.05) is 18.6 Å². The van der Waals surface area contributed by atoms with E-state index in [1.807, 2.05) is 0 Å². The summed E-state index contributed by atoms with van der Waals surface area (Å²) in [5.74, 6) is 0.104. The van der Waals surface area contributed by atoms with Gasteiger partial charge in [0.2, 0.25) is 0 Å². The molecular weight excluding hydrogens is 240 g/mol. The molecule has 19 heavy (non-hydrogen) atoms. The van der Waals surface area contributed by atoms with E-state index in [1.54, 1.807) is 0 Å². The van der Waals surface area contributed by atoms with Gasteiger partial charge in [-0.15, -0.1) is 0 Å². The van der Waals surface area contributed by atoms with Crippen molar-refractivity contribution in [2.45, 2.75) is 64.6 Å². The largest absolute Gasteiger partial charge is 0.480 e. The van der Waals surface area contributed by atoms with Crippen molar-refractivity contribution in [1.29, 1.82) is 0 Å². The number of rotatable bonds is 5. The molecule has 4 nitrogen and oxygen atoms in total. The number of hydrogen-bond acceptors (Lipinski definition) is 3. The number of carbonyl (C=O) groups is 1. The zero-order valence-corrected chi connectivity index (χ0v) is 12.5. The monoisotopic (exact) mass is 268 g/mol. The highest BCUT2D eigenvalue weighted by Crippen LogP contribution is 2.28. The predicted molar refractivity (Wildman–Crippen MR) is 76.3 cm³/mol. The maximum atomic E-state index is 11.2. The fraction of sp³-hybridized carbons (Fsp3) is 0.933. The van der Waals surface area contributed by atoms with E-state index < -0.39 is 5.97 Å². The summed E-state index contributed by atoms with van der Waals surface area (Å²) in [4.78, 5) is 16.0. The van der Waals surface area contributed by atoms with Crippen LogP contribution in [0.1, 0.15) is 46.5 Å². The van der Waals surface area contributed by atoms with Gasteiger partial charge >= 0.3 is 5.97 Å². The summed E-state index contributed by atoms with van der Waals surface area (Å²) in [6.07, 6.45) is 4.27. The van der Waals surface area contributed by atoms with Crippen LogP contribution in [0.15, 0.2) is 0 Å². The lowest BCUT2D eigenvalue weighted by Gasteiger charge is -2.30. The van der Waals surface area contributed by atoms with Crippen molar-refractivity contribution < 1.29 is 9.90 Å². The zero-order valence-electron chi connectivity index (χ0n) is 12.5. The number of carboxylic acids is 1. The van der Waals surface area contributed by atoms with Crippen LogP contribution in [0.5, 0.6) is 0 Å². The minimum absolute atomic E-state index is 0.238. The fourth-order valence-electron chi connectivity index (χ4n) is 3.72. The highest BCUT2D eigenvalue weighted by molar-refractivity contribution is 5.73. The Kier molecular flexibility index (Phi) is 4.85. The van der Waals surface area contributed by atoms with Crippen LogP contribution < -0.4 is 0 Å². The summed E-state index contributed by atoms with van der Waals surface area (Å²) < 4.78 is 0. The van der Waals surface area contributed by atoms with E-state index in [2.05, 4.69) is 30.6 Å². The molecule has 0 saturated carbocycles. The van der Waals surface area contributed by atoms with Crippen molar-refractivity contribution in [3.63, 3.8) is 0 Å². The van der Waals surface area contributed by atoms with Gasteiger partial charge in [0.25, 0.3) is 0 Å².